The summed E-state index contributed by atoms with van der Waals surface area (Å²) in [7, 11) is 3.19. The maximum Gasteiger partial charge on any atom is 0.224 e. The lowest BCUT2D eigenvalue weighted by Gasteiger charge is -2.40. The largest absolute Gasteiger partial charge is 0.493 e. The maximum absolute atomic E-state index is 12.3. The molecule has 1 fully saturated rings. The van der Waals surface area contributed by atoms with Gasteiger partial charge in [0.05, 0.1) is 33.9 Å². The van der Waals surface area contributed by atoms with Crippen molar-refractivity contribution in [3.8, 4) is 11.5 Å². The first-order valence-electron chi connectivity index (χ1n) is 8.26. The Morgan fingerprint density at radius 2 is 1.88 bits per heavy atom. The number of rotatable bonds is 7. The molecule has 0 saturated carbocycles. The highest BCUT2D eigenvalue weighted by atomic mass is 16.5. The Hall–Kier alpha value is -1.79. The van der Waals surface area contributed by atoms with E-state index in [1.54, 1.807) is 14.2 Å². The van der Waals surface area contributed by atoms with E-state index in [0.29, 0.717) is 24.5 Å². The third-order valence-corrected chi connectivity index (χ3v) is 4.40. The molecule has 24 heavy (non-hydrogen) atoms. The summed E-state index contributed by atoms with van der Waals surface area (Å²) in [5.74, 6) is 1.30. The van der Waals surface area contributed by atoms with E-state index in [4.69, 9.17) is 14.2 Å². The number of morpholine rings is 1. The molecule has 0 radical (unpaired) electrons. The number of hydrogen-bond acceptors (Lipinski definition) is 5. The van der Waals surface area contributed by atoms with Crippen LogP contribution in [0, 0.1) is 0 Å². The predicted molar refractivity (Wildman–Crippen MR) is 92.7 cm³/mol. The van der Waals surface area contributed by atoms with Gasteiger partial charge in [0.1, 0.15) is 0 Å². The fraction of sp³-hybridized carbons (Fsp3) is 0.611. The van der Waals surface area contributed by atoms with Crippen molar-refractivity contribution in [2.45, 2.75) is 25.8 Å². The van der Waals surface area contributed by atoms with Crippen molar-refractivity contribution in [2.24, 2.45) is 0 Å². The minimum atomic E-state index is -0.0863. The summed E-state index contributed by atoms with van der Waals surface area (Å²) < 4.78 is 15.9. The number of amides is 1. The summed E-state index contributed by atoms with van der Waals surface area (Å²) >= 11 is 0. The molecule has 1 aliphatic heterocycles. The van der Waals surface area contributed by atoms with Crippen LogP contribution in [0.1, 0.15) is 19.4 Å². The molecule has 1 aliphatic rings. The van der Waals surface area contributed by atoms with Crippen molar-refractivity contribution in [3.63, 3.8) is 0 Å². The molecule has 0 spiro atoms. The number of benzene rings is 1. The van der Waals surface area contributed by atoms with Crippen LogP contribution in [0.15, 0.2) is 18.2 Å². The van der Waals surface area contributed by atoms with Crippen molar-refractivity contribution in [1.82, 2.24) is 10.2 Å². The Labute approximate surface area is 144 Å². The molecular formula is C18H28N2O4. The van der Waals surface area contributed by atoms with E-state index in [1.165, 1.54) is 0 Å². The van der Waals surface area contributed by atoms with E-state index in [1.807, 2.05) is 18.2 Å². The van der Waals surface area contributed by atoms with Crippen LogP contribution in [0.25, 0.3) is 0 Å². The molecule has 1 heterocycles. The topological polar surface area (TPSA) is 60.0 Å². The normalized spacial score (nSPS) is 15.8. The van der Waals surface area contributed by atoms with Crippen LogP contribution in [-0.4, -0.2) is 63.4 Å². The van der Waals surface area contributed by atoms with Crippen molar-refractivity contribution in [1.29, 1.82) is 0 Å². The summed E-state index contributed by atoms with van der Waals surface area (Å²) in [5, 5.41) is 3.04. The summed E-state index contributed by atoms with van der Waals surface area (Å²) in [4.78, 5) is 14.6. The number of hydrogen-bond donors (Lipinski definition) is 1. The smallest absolute Gasteiger partial charge is 0.224 e. The second-order valence-corrected chi connectivity index (χ2v) is 6.55. The molecule has 1 N–H and O–H groups in total. The first kappa shape index (κ1) is 18.5. The molecular weight excluding hydrogens is 308 g/mol. The number of carbonyl (C=O) groups excluding carboxylic acids is 1. The van der Waals surface area contributed by atoms with Crippen LogP contribution >= 0.6 is 0 Å². The third-order valence-electron chi connectivity index (χ3n) is 4.40. The van der Waals surface area contributed by atoms with Crippen LogP contribution in [0.5, 0.6) is 11.5 Å². The molecule has 0 atom stereocenters. The van der Waals surface area contributed by atoms with Gasteiger partial charge >= 0.3 is 0 Å². The highest BCUT2D eigenvalue weighted by Crippen LogP contribution is 2.27. The minimum absolute atomic E-state index is 0.00329. The van der Waals surface area contributed by atoms with E-state index < -0.39 is 0 Å². The number of nitrogens with zero attached hydrogens (tertiary/aromatic N) is 1. The van der Waals surface area contributed by atoms with E-state index in [-0.39, 0.29) is 11.4 Å². The van der Waals surface area contributed by atoms with Gasteiger partial charge in [0, 0.05) is 25.2 Å². The Kier molecular flexibility index (Phi) is 6.45. The monoisotopic (exact) mass is 336 g/mol. The van der Waals surface area contributed by atoms with Crippen molar-refractivity contribution in [2.75, 3.05) is 47.1 Å². The minimum Gasteiger partial charge on any atom is -0.493 e. The van der Waals surface area contributed by atoms with E-state index in [0.717, 1.165) is 31.9 Å². The highest BCUT2D eigenvalue weighted by molar-refractivity contribution is 5.78. The molecule has 0 aliphatic carbocycles. The fourth-order valence-electron chi connectivity index (χ4n) is 2.83. The second-order valence-electron chi connectivity index (χ2n) is 6.55. The predicted octanol–water partition coefficient (Wildman–Crippen LogP) is 1.47. The summed E-state index contributed by atoms with van der Waals surface area (Å²) in [6.07, 6.45) is 0.319. The number of ether oxygens (including phenoxy) is 3. The lowest BCUT2D eigenvalue weighted by molar-refractivity contribution is -0.121. The van der Waals surface area contributed by atoms with Gasteiger partial charge in [-0.3, -0.25) is 9.69 Å². The first-order chi connectivity index (χ1) is 11.5. The Balaban J connectivity index is 1.88. The SMILES string of the molecule is COc1ccc(CC(=O)NCC(C)(C)N2CCOCC2)cc1OC. The zero-order valence-corrected chi connectivity index (χ0v) is 15.1. The maximum atomic E-state index is 12.3. The average molecular weight is 336 g/mol. The highest BCUT2D eigenvalue weighted by Gasteiger charge is 2.28. The van der Waals surface area contributed by atoms with Gasteiger partial charge in [-0.2, -0.15) is 0 Å². The molecule has 0 unspecified atom stereocenters. The summed E-state index contributed by atoms with van der Waals surface area (Å²) in [5.41, 5.74) is 0.811. The molecule has 0 bridgehead atoms. The van der Waals surface area contributed by atoms with E-state index in [2.05, 4.69) is 24.1 Å². The lowest BCUT2D eigenvalue weighted by Crippen LogP contribution is -2.55. The van der Waals surface area contributed by atoms with Gasteiger partial charge < -0.3 is 19.5 Å². The van der Waals surface area contributed by atoms with Gasteiger partial charge in [-0.05, 0) is 31.5 Å². The molecule has 1 aromatic rings. The molecule has 2 rings (SSSR count). The van der Waals surface area contributed by atoms with Crippen molar-refractivity contribution < 1.29 is 19.0 Å². The standard InChI is InChI=1S/C18H28N2O4/c1-18(2,20-7-9-24-10-8-20)13-19-17(21)12-14-5-6-15(22-3)16(11-14)23-4/h5-6,11H,7-10,12-13H2,1-4H3,(H,19,21). The van der Waals surface area contributed by atoms with Crippen LogP contribution in [0.3, 0.4) is 0 Å². The zero-order valence-electron chi connectivity index (χ0n) is 15.1. The molecule has 1 amide bonds. The van der Waals surface area contributed by atoms with Crippen LogP contribution in [0.4, 0.5) is 0 Å². The molecule has 0 aromatic heterocycles. The first-order valence-corrected chi connectivity index (χ1v) is 8.26. The van der Waals surface area contributed by atoms with Gasteiger partial charge in [0.15, 0.2) is 11.5 Å². The molecule has 1 aromatic carbocycles. The summed E-state index contributed by atoms with van der Waals surface area (Å²) in [6.45, 7) is 8.21. The summed E-state index contributed by atoms with van der Waals surface area (Å²) in [6, 6.07) is 5.54. The van der Waals surface area contributed by atoms with Crippen LogP contribution in [0.2, 0.25) is 0 Å². The van der Waals surface area contributed by atoms with Gasteiger partial charge in [-0.1, -0.05) is 6.07 Å². The van der Waals surface area contributed by atoms with Gasteiger partial charge in [0.25, 0.3) is 0 Å². The Bertz CT molecular complexity index is 554. The van der Waals surface area contributed by atoms with Gasteiger partial charge in [0.2, 0.25) is 5.91 Å². The molecule has 6 heteroatoms. The van der Waals surface area contributed by atoms with E-state index >= 15 is 0 Å². The zero-order chi connectivity index (χ0) is 17.6. The Morgan fingerprint density at radius 3 is 2.50 bits per heavy atom. The van der Waals surface area contributed by atoms with E-state index in [9.17, 15) is 4.79 Å². The fourth-order valence-corrected chi connectivity index (χ4v) is 2.83. The third kappa shape index (κ3) is 4.85. The van der Waals surface area contributed by atoms with Gasteiger partial charge in [-0.25, -0.2) is 0 Å². The molecule has 6 nitrogen and oxygen atoms in total. The van der Waals surface area contributed by atoms with Crippen LogP contribution in [-0.2, 0) is 16.0 Å². The molecule has 134 valence electrons. The van der Waals surface area contributed by atoms with Crippen molar-refractivity contribution >= 4 is 5.91 Å². The number of carbonyl (C=O) groups is 1. The average Bonchev–Trinajstić information content (AvgIpc) is 2.60. The quantitative estimate of drug-likeness (QED) is 0.817. The van der Waals surface area contributed by atoms with Crippen molar-refractivity contribution in [3.05, 3.63) is 23.8 Å². The lowest BCUT2D eigenvalue weighted by atomic mass is 10.0. The number of nitrogens with one attached hydrogen (secondary N) is 1. The Morgan fingerprint density at radius 1 is 1.21 bits per heavy atom. The number of methoxy groups -OCH3 is 2. The molecule has 1 saturated heterocycles. The van der Waals surface area contributed by atoms with Gasteiger partial charge in [-0.15, -0.1) is 0 Å². The second kappa shape index (κ2) is 8.35. The van der Waals surface area contributed by atoms with Crippen LogP contribution < -0.4 is 14.8 Å².